The molecule has 1 aliphatic heterocycles. The van der Waals surface area contributed by atoms with Crippen molar-refractivity contribution in [2.45, 2.75) is 12.3 Å². The van der Waals surface area contributed by atoms with Gasteiger partial charge in [-0.15, -0.1) is 0 Å². The van der Waals surface area contributed by atoms with Gasteiger partial charge in [-0.25, -0.2) is 4.98 Å². The summed E-state index contributed by atoms with van der Waals surface area (Å²) >= 11 is 0. The van der Waals surface area contributed by atoms with Gasteiger partial charge in [-0.05, 0) is 30.2 Å². The van der Waals surface area contributed by atoms with Crippen molar-refractivity contribution in [3.63, 3.8) is 0 Å². The molecule has 26 heavy (non-hydrogen) atoms. The van der Waals surface area contributed by atoms with Crippen LogP contribution in [0.5, 0.6) is 11.5 Å². The zero-order valence-electron chi connectivity index (χ0n) is 14.1. The van der Waals surface area contributed by atoms with Gasteiger partial charge in [0.05, 0.1) is 25.7 Å². The summed E-state index contributed by atoms with van der Waals surface area (Å²) in [6.07, 6.45) is 0.510. The molecule has 2 aromatic carbocycles. The van der Waals surface area contributed by atoms with Gasteiger partial charge in [0.15, 0.2) is 17.3 Å². The average Bonchev–Trinajstić information content (AvgIpc) is 3.11. The molecule has 0 amide bonds. The number of nitriles is 1. The maximum Gasteiger partial charge on any atom is 0.220 e. The van der Waals surface area contributed by atoms with Gasteiger partial charge in [0.2, 0.25) is 5.89 Å². The van der Waals surface area contributed by atoms with E-state index in [4.69, 9.17) is 13.9 Å². The minimum atomic E-state index is -1.05. The van der Waals surface area contributed by atoms with E-state index in [0.29, 0.717) is 29.0 Å². The van der Waals surface area contributed by atoms with Crippen LogP contribution in [-0.2, 0) is 11.2 Å². The number of oxazole rings is 1. The van der Waals surface area contributed by atoms with Gasteiger partial charge >= 0.3 is 0 Å². The van der Waals surface area contributed by atoms with Crippen LogP contribution in [0.1, 0.15) is 17.4 Å². The predicted molar refractivity (Wildman–Crippen MR) is 93.1 cm³/mol. The van der Waals surface area contributed by atoms with Gasteiger partial charge in [0.1, 0.15) is 17.0 Å². The first-order valence-electron chi connectivity index (χ1n) is 8.28. The van der Waals surface area contributed by atoms with Crippen LogP contribution in [0, 0.1) is 17.2 Å². The van der Waals surface area contributed by atoms with Crippen LogP contribution in [-0.4, -0.2) is 24.5 Å². The maximum absolute atomic E-state index is 12.9. The molecule has 1 aliphatic rings. The number of carbonyl (C=O) groups is 1. The number of aromatic nitrogens is 1. The van der Waals surface area contributed by atoms with Gasteiger partial charge in [-0.1, -0.05) is 18.2 Å². The molecule has 0 N–H and O–H groups in total. The quantitative estimate of drug-likeness (QED) is 0.719. The van der Waals surface area contributed by atoms with Crippen LogP contribution in [0.15, 0.2) is 46.9 Å². The van der Waals surface area contributed by atoms with E-state index in [9.17, 15) is 10.1 Å². The zero-order valence-corrected chi connectivity index (χ0v) is 14.1. The first kappa shape index (κ1) is 16.2. The second kappa shape index (κ2) is 6.52. The molecule has 0 bridgehead atoms. The molecule has 130 valence electrons. The van der Waals surface area contributed by atoms with E-state index in [-0.39, 0.29) is 18.3 Å². The molecule has 2 atom stereocenters. The van der Waals surface area contributed by atoms with Gasteiger partial charge in [0, 0.05) is 6.07 Å². The lowest BCUT2D eigenvalue weighted by Crippen LogP contribution is -2.31. The van der Waals surface area contributed by atoms with Crippen molar-refractivity contribution >= 4 is 16.9 Å². The number of hydrogen-bond donors (Lipinski definition) is 0. The number of benzene rings is 2. The van der Waals surface area contributed by atoms with Gasteiger partial charge in [0.25, 0.3) is 0 Å². The fourth-order valence-electron chi connectivity index (χ4n) is 3.15. The molecule has 6 heteroatoms. The molecule has 0 spiro atoms. The summed E-state index contributed by atoms with van der Waals surface area (Å²) in [6, 6.07) is 14.8. The lowest BCUT2D eigenvalue weighted by molar-refractivity contribution is -0.124. The van der Waals surface area contributed by atoms with Crippen molar-refractivity contribution in [3.8, 4) is 17.6 Å². The molecule has 0 saturated carbocycles. The van der Waals surface area contributed by atoms with Crippen LogP contribution in [0.4, 0.5) is 0 Å². The molecule has 0 fully saturated rings. The minimum Gasteiger partial charge on any atom is -0.497 e. The van der Waals surface area contributed by atoms with Gasteiger partial charge in [-0.3, -0.25) is 4.79 Å². The number of rotatable bonds is 4. The molecular weight excluding hydrogens is 332 g/mol. The molecule has 0 aliphatic carbocycles. The normalized spacial score (nSPS) is 17.0. The number of methoxy groups -OCH3 is 1. The van der Waals surface area contributed by atoms with Gasteiger partial charge < -0.3 is 13.9 Å². The standard InChI is InChI=1S/C20H16N2O4/c1-24-14-7-6-12-8-13(11-25-18(12)9-14)19(23)15(10-21)20-22-16-4-2-3-5-17(16)26-20/h2-7,9,13,15H,8,11H2,1H3/t13-,15+/m1/s1. The smallest absolute Gasteiger partial charge is 0.220 e. The Labute approximate surface area is 150 Å². The Morgan fingerprint density at radius 1 is 1.35 bits per heavy atom. The van der Waals surface area contributed by atoms with Crippen molar-refractivity contribution in [1.29, 1.82) is 5.26 Å². The number of para-hydroxylation sites is 2. The molecule has 0 radical (unpaired) electrons. The van der Waals surface area contributed by atoms with Crippen molar-refractivity contribution in [2.75, 3.05) is 13.7 Å². The molecule has 1 aromatic heterocycles. The Bertz CT molecular complexity index is 985. The van der Waals surface area contributed by atoms with Crippen molar-refractivity contribution < 1.29 is 18.7 Å². The third kappa shape index (κ3) is 2.78. The van der Waals surface area contributed by atoms with Crippen molar-refractivity contribution in [1.82, 2.24) is 4.98 Å². The van der Waals surface area contributed by atoms with E-state index in [0.717, 1.165) is 5.56 Å². The summed E-state index contributed by atoms with van der Waals surface area (Å²) in [5.41, 5.74) is 2.12. The van der Waals surface area contributed by atoms with Crippen LogP contribution < -0.4 is 9.47 Å². The van der Waals surface area contributed by atoms with E-state index in [1.54, 1.807) is 25.3 Å². The molecule has 4 rings (SSSR count). The fraction of sp³-hybridized carbons (Fsp3) is 0.250. The highest BCUT2D eigenvalue weighted by Gasteiger charge is 2.35. The SMILES string of the molecule is COc1ccc2c(c1)OC[C@H](C(=O)[C@H](C#N)c1nc3ccccc3o1)C2. The predicted octanol–water partition coefficient (Wildman–Crippen LogP) is 3.26. The number of Topliss-reactive ketones (excluding diaryl/α,β-unsaturated/α-hetero) is 1. The summed E-state index contributed by atoms with van der Waals surface area (Å²) in [6.45, 7) is 0.220. The summed E-state index contributed by atoms with van der Waals surface area (Å²) < 4.78 is 16.5. The second-order valence-electron chi connectivity index (χ2n) is 6.17. The van der Waals surface area contributed by atoms with E-state index < -0.39 is 11.8 Å². The second-order valence-corrected chi connectivity index (χ2v) is 6.17. The van der Waals surface area contributed by atoms with Crippen molar-refractivity contribution in [2.24, 2.45) is 5.92 Å². The Morgan fingerprint density at radius 3 is 2.96 bits per heavy atom. The number of fused-ring (bicyclic) bond motifs is 2. The van der Waals surface area contributed by atoms with Crippen LogP contribution in [0.3, 0.4) is 0 Å². The topological polar surface area (TPSA) is 85.4 Å². The minimum absolute atomic E-state index is 0.138. The lowest BCUT2D eigenvalue weighted by Gasteiger charge is -2.25. The largest absolute Gasteiger partial charge is 0.497 e. The van der Waals surface area contributed by atoms with E-state index in [1.807, 2.05) is 30.3 Å². The Kier molecular flexibility index (Phi) is 4.05. The number of carbonyl (C=O) groups excluding carboxylic acids is 1. The number of nitrogens with zero attached hydrogens (tertiary/aromatic N) is 2. The summed E-state index contributed by atoms with van der Waals surface area (Å²) in [5.74, 6) is -0.148. The fourth-order valence-corrected chi connectivity index (χ4v) is 3.15. The highest BCUT2D eigenvalue weighted by Crippen LogP contribution is 2.33. The highest BCUT2D eigenvalue weighted by molar-refractivity contribution is 5.90. The molecule has 3 aromatic rings. The third-order valence-corrected chi connectivity index (χ3v) is 4.55. The van der Waals surface area contributed by atoms with Crippen LogP contribution in [0.25, 0.3) is 11.1 Å². The first-order chi connectivity index (χ1) is 12.7. The highest BCUT2D eigenvalue weighted by atomic mass is 16.5. The summed E-state index contributed by atoms with van der Waals surface area (Å²) in [4.78, 5) is 17.2. The lowest BCUT2D eigenvalue weighted by atomic mass is 9.87. The van der Waals surface area contributed by atoms with E-state index in [2.05, 4.69) is 4.98 Å². The van der Waals surface area contributed by atoms with Crippen LogP contribution in [0.2, 0.25) is 0 Å². The van der Waals surface area contributed by atoms with Crippen molar-refractivity contribution in [3.05, 3.63) is 53.9 Å². The molecule has 2 heterocycles. The molecule has 6 nitrogen and oxygen atoms in total. The Hall–Kier alpha value is -3.33. The monoisotopic (exact) mass is 348 g/mol. The first-order valence-corrected chi connectivity index (χ1v) is 8.28. The molecule has 0 saturated heterocycles. The molecular formula is C20H16N2O4. The summed E-state index contributed by atoms with van der Waals surface area (Å²) in [7, 11) is 1.59. The Morgan fingerprint density at radius 2 is 2.19 bits per heavy atom. The number of hydrogen-bond acceptors (Lipinski definition) is 6. The van der Waals surface area contributed by atoms with E-state index >= 15 is 0 Å². The Balaban J connectivity index is 1.58. The third-order valence-electron chi connectivity index (χ3n) is 4.55. The zero-order chi connectivity index (χ0) is 18.1. The average molecular weight is 348 g/mol. The maximum atomic E-state index is 12.9. The summed E-state index contributed by atoms with van der Waals surface area (Å²) in [5, 5.41) is 9.54. The van der Waals surface area contributed by atoms with Gasteiger partial charge in [-0.2, -0.15) is 5.26 Å². The number of ketones is 1. The molecule has 0 unspecified atom stereocenters. The van der Waals surface area contributed by atoms with Crippen LogP contribution >= 0.6 is 0 Å². The van der Waals surface area contributed by atoms with E-state index in [1.165, 1.54) is 0 Å². The number of ether oxygens (including phenoxy) is 2.